The number of aliphatic hydroxyl groups is 3. The minimum Gasteiger partial charge on any atom is -0.394 e. The van der Waals surface area contributed by atoms with Crippen molar-refractivity contribution in [2.75, 3.05) is 13.0 Å². The number of aromatic amines is 1. The van der Waals surface area contributed by atoms with Crippen LogP contribution < -0.4 is 11.2 Å². The van der Waals surface area contributed by atoms with Crippen molar-refractivity contribution in [3.05, 3.63) is 33.1 Å². The first-order valence-corrected chi connectivity index (χ1v) is 8.54. The van der Waals surface area contributed by atoms with Crippen LogP contribution in [0.15, 0.2) is 21.9 Å². The highest BCUT2D eigenvalue weighted by molar-refractivity contribution is 7.51. The molecule has 1 aliphatic heterocycles. The predicted molar refractivity (Wildman–Crippen MR) is 76.1 cm³/mol. The van der Waals surface area contributed by atoms with Gasteiger partial charge in [-0.2, -0.15) is 0 Å². The van der Waals surface area contributed by atoms with Gasteiger partial charge in [0.2, 0.25) is 0 Å². The van der Waals surface area contributed by atoms with E-state index in [0.717, 1.165) is 16.8 Å². The molecule has 0 radical (unpaired) electrons. The van der Waals surface area contributed by atoms with Crippen molar-refractivity contribution < 1.29 is 39.1 Å². The van der Waals surface area contributed by atoms with Gasteiger partial charge in [0.05, 0.1) is 6.61 Å². The zero-order chi connectivity index (χ0) is 18.1. The van der Waals surface area contributed by atoms with E-state index < -0.39 is 62.4 Å². The highest BCUT2D eigenvalue weighted by Gasteiger charge is 2.49. The SMILES string of the molecule is O=c1ccn([C@@H]2O[C@@H]([C@H](O)CO)[C@H](OCP(=O)(O)O)[C@H]2O)c(=O)[nH]1. The Balaban J connectivity index is 2.30. The quantitative estimate of drug-likeness (QED) is 0.277. The molecule has 1 aromatic rings. The molecule has 0 saturated carbocycles. The molecule has 0 amide bonds. The van der Waals surface area contributed by atoms with Gasteiger partial charge in [0.25, 0.3) is 5.56 Å². The van der Waals surface area contributed by atoms with Crippen molar-refractivity contribution in [2.24, 2.45) is 0 Å². The first-order valence-electron chi connectivity index (χ1n) is 6.74. The van der Waals surface area contributed by atoms with Gasteiger partial charge >= 0.3 is 13.3 Å². The number of ether oxygens (including phenoxy) is 2. The molecule has 5 atom stereocenters. The van der Waals surface area contributed by atoms with Crippen LogP contribution in [0.5, 0.6) is 0 Å². The van der Waals surface area contributed by atoms with Crippen LogP contribution in [0.3, 0.4) is 0 Å². The molecule has 0 bridgehead atoms. The topological polar surface area (TPSA) is 192 Å². The van der Waals surface area contributed by atoms with Crippen LogP contribution in [0.1, 0.15) is 6.23 Å². The molecule has 0 spiro atoms. The van der Waals surface area contributed by atoms with Crippen LogP contribution in [0.25, 0.3) is 0 Å². The number of rotatable bonds is 6. The minimum absolute atomic E-state index is 0.676. The van der Waals surface area contributed by atoms with Crippen molar-refractivity contribution >= 4 is 7.60 Å². The second kappa shape index (κ2) is 7.25. The zero-order valence-electron chi connectivity index (χ0n) is 12.1. The van der Waals surface area contributed by atoms with Crippen molar-refractivity contribution in [3.8, 4) is 0 Å². The molecule has 1 saturated heterocycles. The third-order valence-corrected chi connectivity index (χ3v) is 3.86. The molecule has 13 heteroatoms. The van der Waals surface area contributed by atoms with E-state index in [0.29, 0.717) is 0 Å². The average Bonchev–Trinajstić information content (AvgIpc) is 2.80. The summed E-state index contributed by atoms with van der Waals surface area (Å²) in [5.41, 5.74) is -1.58. The molecule has 2 heterocycles. The monoisotopic (exact) mass is 368 g/mol. The summed E-state index contributed by atoms with van der Waals surface area (Å²) in [5.74, 6) is 0. The van der Waals surface area contributed by atoms with Gasteiger partial charge < -0.3 is 34.6 Å². The second-order valence-corrected chi connectivity index (χ2v) is 6.76. The summed E-state index contributed by atoms with van der Waals surface area (Å²) in [5, 5.41) is 29.0. The molecule has 136 valence electrons. The van der Waals surface area contributed by atoms with Gasteiger partial charge in [-0.25, -0.2) is 4.79 Å². The lowest BCUT2D eigenvalue weighted by Crippen LogP contribution is -2.42. The van der Waals surface area contributed by atoms with Crippen molar-refractivity contribution in [1.82, 2.24) is 9.55 Å². The largest absolute Gasteiger partial charge is 0.394 e. The van der Waals surface area contributed by atoms with E-state index in [1.54, 1.807) is 0 Å². The highest BCUT2D eigenvalue weighted by atomic mass is 31.2. The van der Waals surface area contributed by atoms with Crippen LogP contribution >= 0.6 is 7.60 Å². The average molecular weight is 368 g/mol. The molecule has 6 N–H and O–H groups in total. The van der Waals surface area contributed by atoms with Crippen LogP contribution in [-0.2, 0) is 14.0 Å². The molecule has 0 aliphatic carbocycles. The summed E-state index contributed by atoms with van der Waals surface area (Å²) in [6.07, 6.45) is -7.34. The van der Waals surface area contributed by atoms with Crippen LogP contribution in [0.4, 0.5) is 0 Å². The number of nitrogens with zero attached hydrogens (tertiary/aromatic N) is 1. The number of nitrogens with one attached hydrogen (secondary N) is 1. The normalized spacial score (nSPS) is 28.9. The summed E-state index contributed by atoms with van der Waals surface area (Å²) in [4.78, 5) is 42.5. The Morgan fingerprint density at radius 1 is 1.42 bits per heavy atom. The predicted octanol–water partition coefficient (Wildman–Crippen LogP) is -3.33. The maximum absolute atomic E-state index is 11.8. The van der Waals surface area contributed by atoms with Gasteiger partial charge in [0.15, 0.2) is 6.23 Å². The van der Waals surface area contributed by atoms with E-state index in [9.17, 15) is 24.4 Å². The number of hydrogen-bond donors (Lipinski definition) is 6. The molecule has 2 rings (SSSR count). The minimum atomic E-state index is -4.57. The molecular formula is C11H17N2O10P. The number of aromatic nitrogens is 2. The second-order valence-electron chi connectivity index (χ2n) is 5.17. The number of hydrogen-bond acceptors (Lipinski definition) is 8. The first-order chi connectivity index (χ1) is 11.1. The lowest BCUT2D eigenvalue weighted by atomic mass is 10.1. The molecule has 24 heavy (non-hydrogen) atoms. The Labute approximate surface area is 134 Å². The molecule has 1 aromatic heterocycles. The van der Waals surface area contributed by atoms with E-state index >= 15 is 0 Å². The van der Waals surface area contributed by atoms with Gasteiger partial charge in [-0.1, -0.05) is 0 Å². The standard InChI is InChI=1S/C11H17N2O10P/c14-3-5(15)8-9(22-4-24(19,20)21)7(17)10(23-8)13-2-1-6(16)12-11(13)18/h1-2,5,7-10,14-15,17H,3-4H2,(H,12,16,18)(H2,19,20,21)/t5-,7-,8+,9-,10-/m1/s1. The van der Waals surface area contributed by atoms with Crippen LogP contribution in [0, 0.1) is 0 Å². The molecular weight excluding hydrogens is 351 g/mol. The maximum atomic E-state index is 11.8. The molecule has 0 unspecified atom stereocenters. The Hall–Kier alpha value is -1.37. The summed E-state index contributed by atoms with van der Waals surface area (Å²) >= 11 is 0. The Bertz CT molecular complexity index is 726. The van der Waals surface area contributed by atoms with Gasteiger partial charge in [-0.05, 0) is 0 Å². The Kier molecular flexibility index (Phi) is 5.73. The third-order valence-electron chi connectivity index (χ3n) is 3.38. The lowest BCUT2D eigenvalue weighted by Gasteiger charge is -2.23. The number of aliphatic hydroxyl groups excluding tert-OH is 3. The summed E-state index contributed by atoms with van der Waals surface area (Å²) in [6.45, 7) is -0.777. The van der Waals surface area contributed by atoms with Crippen LogP contribution in [0.2, 0.25) is 0 Å². The van der Waals surface area contributed by atoms with Gasteiger partial charge in [-0.3, -0.25) is 18.9 Å². The van der Waals surface area contributed by atoms with Crippen molar-refractivity contribution in [3.63, 3.8) is 0 Å². The Morgan fingerprint density at radius 3 is 2.62 bits per heavy atom. The fourth-order valence-corrected chi connectivity index (χ4v) is 2.69. The number of H-pyrrole nitrogens is 1. The maximum Gasteiger partial charge on any atom is 0.350 e. The smallest absolute Gasteiger partial charge is 0.350 e. The lowest BCUT2D eigenvalue weighted by molar-refractivity contribution is -0.105. The Morgan fingerprint density at radius 2 is 2.08 bits per heavy atom. The van der Waals surface area contributed by atoms with E-state index in [4.69, 9.17) is 24.4 Å². The highest BCUT2D eigenvalue weighted by Crippen LogP contribution is 2.38. The molecule has 1 fully saturated rings. The van der Waals surface area contributed by atoms with Gasteiger partial charge in [0, 0.05) is 12.3 Å². The van der Waals surface area contributed by atoms with E-state index in [1.807, 2.05) is 4.98 Å². The summed E-state index contributed by atoms with van der Waals surface area (Å²) in [7, 11) is -4.57. The molecule has 0 aromatic carbocycles. The van der Waals surface area contributed by atoms with Gasteiger partial charge in [0.1, 0.15) is 30.8 Å². The van der Waals surface area contributed by atoms with E-state index in [2.05, 4.69) is 0 Å². The fraction of sp³-hybridized carbons (Fsp3) is 0.636. The van der Waals surface area contributed by atoms with Crippen molar-refractivity contribution in [1.29, 1.82) is 0 Å². The summed E-state index contributed by atoms with van der Waals surface area (Å²) < 4.78 is 22.0. The fourth-order valence-electron chi connectivity index (χ4n) is 2.32. The third kappa shape index (κ3) is 4.18. The zero-order valence-corrected chi connectivity index (χ0v) is 13.0. The summed E-state index contributed by atoms with van der Waals surface area (Å²) in [6, 6.07) is 0.999. The molecule has 1 aliphatic rings. The first kappa shape index (κ1) is 19.0. The van der Waals surface area contributed by atoms with Crippen molar-refractivity contribution in [2.45, 2.75) is 30.6 Å². The van der Waals surface area contributed by atoms with Crippen LogP contribution in [-0.4, -0.2) is 72.0 Å². The molecule has 12 nitrogen and oxygen atoms in total. The van der Waals surface area contributed by atoms with E-state index in [-0.39, 0.29) is 0 Å². The van der Waals surface area contributed by atoms with Gasteiger partial charge in [-0.15, -0.1) is 0 Å². The van der Waals surface area contributed by atoms with E-state index in [1.165, 1.54) is 0 Å².